The van der Waals surface area contributed by atoms with Gasteiger partial charge in [0, 0.05) is 31.4 Å². The molecule has 140 valence electrons. The second kappa shape index (κ2) is 9.23. The van der Waals surface area contributed by atoms with Crippen molar-refractivity contribution in [2.45, 2.75) is 58.5 Å². The zero-order valence-electron chi connectivity index (χ0n) is 16.7. The van der Waals surface area contributed by atoms with Crippen LogP contribution in [0.2, 0.25) is 0 Å². The molecule has 3 rings (SSSR count). The Morgan fingerprint density at radius 3 is 2.38 bits per heavy atom. The SMILES string of the molecule is CCc1ccc(N2CCCCC2CN(C)Cc2cccc(CC)c2)cc1. The number of benzene rings is 2. The Hall–Kier alpha value is -1.80. The van der Waals surface area contributed by atoms with Gasteiger partial charge in [-0.3, -0.25) is 0 Å². The Morgan fingerprint density at radius 1 is 0.923 bits per heavy atom. The van der Waals surface area contributed by atoms with Crippen molar-refractivity contribution in [3.05, 3.63) is 65.2 Å². The molecule has 1 aliphatic heterocycles. The third kappa shape index (κ3) is 4.88. The van der Waals surface area contributed by atoms with Crippen molar-refractivity contribution < 1.29 is 0 Å². The van der Waals surface area contributed by atoms with E-state index in [9.17, 15) is 0 Å². The topological polar surface area (TPSA) is 6.48 Å². The van der Waals surface area contributed by atoms with Gasteiger partial charge in [0.05, 0.1) is 0 Å². The summed E-state index contributed by atoms with van der Waals surface area (Å²) in [6.45, 7) is 7.81. The Kier molecular flexibility index (Phi) is 6.73. The first-order valence-corrected chi connectivity index (χ1v) is 10.3. The maximum atomic E-state index is 2.64. The summed E-state index contributed by atoms with van der Waals surface area (Å²) in [4.78, 5) is 5.14. The van der Waals surface area contributed by atoms with Crippen LogP contribution in [-0.2, 0) is 19.4 Å². The summed E-state index contributed by atoms with van der Waals surface area (Å²) in [6, 6.07) is 18.9. The summed E-state index contributed by atoms with van der Waals surface area (Å²) in [6.07, 6.45) is 6.20. The highest BCUT2D eigenvalue weighted by Crippen LogP contribution is 2.26. The number of piperidine rings is 1. The maximum absolute atomic E-state index is 2.64. The van der Waals surface area contributed by atoms with Gasteiger partial charge < -0.3 is 9.80 Å². The third-order valence-corrected chi connectivity index (χ3v) is 5.68. The molecule has 1 atom stereocenters. The van der Waals surface area contributed by atoms with Gasteiger partial charge in [0.15, 0.2) is 0 Å². The van der Waals surface area contributed by atoms with Crippen molar-refractivity contribution in [3.8, 4) is 0 Å². The van der Waals surface area contributed by atoms with E-state index in [-0.39, 0.29) is 0 Å². The molecule has 0 bridgehead atoms. The van der Waals surface area contributed by atoms with Crippen molar-refractivity contribution in [1.82, 2.24) is 4.90 Å². The predicted octanol–water partition coefficient (Wildman–Crippen LogP) is 5.30. The highest BCUT2D eigenvalue weighted by Gasteiger charge is 2.23. The lowest BCUT2D eigenvalue weighted by atomic mass is 10.00. The maximum Gasteiger partial charge on any atom is 0.0417 e. The van der Waals surface area contributed by atoms with E-state index in [0.717, 1.165) is 25.9 Å². The summed E-state index contributed by atoms with van der Waals surface area (Å²) < 4.78 is 0. The Bertz CT molecular complexity index is 677. The zero-order valence-corrected chi connectivity index (χ0v) is 16.7. The molecule has 0 aliphatic carbocycles. The molecule has 0 aromatic heterocycles. The van der Waals surface area contributed by atoms with E-state index in [1.807, 2.05) is 0 Å². The van der Waals surface area contributed by atoms with Crippen molar-refractivity contribution in [2.75, 3.05) is 25.0 Å². The molecule has 0 amide bonds. The molecule has 0 N–H and O–H groups in total. The van der Waals surface area contributed by atoms with Crippen LogP contribution in [-0.4, -0.2) is 31.1 Å². The van der Waals surface area contributed by atoms with Crippen molar-refractivity contribution >= 4 is 5.69 Å². The average Bonchev–Trinajstić information content (AvgIpc) is 2.68. The number of hydrogen-bond acceptors (Lipinski definition) is 2. The van der Waals surface area contributed by atoms with E-state index in [0.29, 0.717) is 6.04 Å². The molecule has 2 nitrogen and oxygen atoms in total. The fraction of sp³-hybridized carbons (Fsp3) is 0.500. The van der Waals surface area contributed by atoms with E-state index in [4.69, 9.17) is 0 Å². The molecule has 2 aromatic carbocycles. The molecule has 0 spiro atoms. The van der Waals surface area contributed by atoms with Gasteiger partial charge in [-0.2, -0.15) is 0 Å². The number of anilines is 1. The quantitative estimate of drug-likeness (QED) is 0.668. The molecule has 2 aromatic rings. The standard InChI is InChI=1S/C24H34N2/c1-4-20-12-14-23(15-13-20)26-16-7-6-11-24(26)19-25(3)18-22-10-8-9-21(5-2)17-22/h8-10,12-15,17,24H,4-7,11,16,18-19H2,1-3H3. The smallest absolute Gasteiger partial charge is 0.0417 e. The van der Waals surface area contributed by atoms with Crippen molar-refractivity contribution in [1.29, 1.82) is 0 Å². The molecule has 2 heteroatoms. The van der Waals surface area contributed by atoms with Gasteiger partial charge in [-0.25, -0.2) is 0 Å². The van der Waals surface area contributed by atoms with Crippen LogP contribution in [0.5, 0.6) is 0 Å². The predicted molar refractivity (Wildman–Crippen MR) is 113 cm³/mol. The van der Waals surface area contributed by atoms with Crippen LogP contribution < -0.4 is 4.90 Å². The van der Waals surface area contributed by atoms with E-state index < -0.39 is 0 Å². The van der Waals surface area contributed by atoms with E-state index in [1.165, 1.54) is 48.2 Å². The molecule has 26 heavy (non-hydrogen) atoms. The lowest BCUT2D eigenvalue weighted by molar-refractivity contribution is 0.277. The Balaban J connectivity index is 1.65. The number of rotatable bonds is 7. The number of nitrogens with zero attached hydrogens (tertiary/aromatic N) is 2. The molecule has 1 heterocycles. The fourth-order valence-corrected chi connectivity index (χ4v) is 4.14. The molecular weight excluding hydrogens is 316 g/mol. The van der Waals surface area contributed by atoms with Crippen LogP contribution in [0.15, 0.2) is 48.5 Å². The zero-order chi connectivity index (χ0) is 18.4. The van der Waals surface area contributed by atoms with Crippen LogP contribution in [0.3, 0.4) is 0 Å². The van der Waals surface area contributed by atoms with Crippen LogP contribution >= 0.6 is 0 Å². The van der Waals surface area contributed by atoms with Crippen molar-refractivity contribution in [2.24, 2.45) is 0 Å². The first-order chi connectivity index (χ1) is 12.7. The van der Waals surface area contributed by atoms with E-state index in [2.05, 4.69) is 79.2 Å². The van der Waals surface area contributed by atoms with Gasteiger partial charge in [0.1, 0.15) is 0 Å². The number of hydrogen-bond donors (Lipinski definition) is 0. The normalized spacial score (nSPS) is 17.7. The minimum Gasteiger partial charge on any atom is -0.367 e. The summed E-state index contributed by atoms with van der Waals surface area (Å²) in [5, 5.41) is 0. The van der Waals surface area contributed by atoms with Crippen LogP contribution in [0, 0.1) is 0 Å². The molecular formula is C24H34N2. The van der Waals surface area contributed by atoms with Crippen LogP contribution in [0.25, 0.3) is 0 Å². The van der Waals surface area contributed by atoms with Gasteiger partial charge in [-0.05, 0) is 68.0 Å². The number of aryl methyl sites for hydroxylation is 2. The molecule has 1 fully saturated rings. The lowest BCUT2D eigenvalue weighted by Gasteiger charge is -2.39. The van der Waals surface area contributed by atoms with Gasteiger partial charge in [-0.1, -0.05) is 50.2 Å². The minimum atomic E-state index is 0.621. The first kappa shape index (κ1) is 19.0. The molecule has 0 radical (unpaired) electrons. The fourth-order valence-electron chi connectivity index (χ4n) is 4.14. The third-order valence-electron chi connectivity index (χ3n) is 5.68. The Labute approximate surface area is 159 Å². The van der Waals surface area contributed by atoms with Crippen LogP contribution in [0.1, 0.15) is 49.8 Å². The van der Waals surface area contributed by atoms with Gasteiger partial charge in [0.25, 0.3) is 0 Å². The summed E-state index contributed by atoms with van der Waals surface area (Å²) in [7, 11) is 2.27. The van der Waals surface area contributed by atoms with Gasteiger partial charge >= 0.3 is 0 Å². The second-order valence-corrected chi connectivity index (χ2v) is 7.73. The van der Waals surface area contributed by atoms with E-state index in [1.54, 1.807) is 0 Å². The van der Waals surface area contributed by atoms with E-state index >= 15 is 0 Å². The summed E-state index contributed by atoms with van der Waals surface area (Å²) >= 11 is 0. The van der Waals surface area contributed by atoms with Gasteiger partial charge in [-0.15, -0.1) is 0 Å². The molecule has 0 saturated carbocycles. The largest absolute Gasteiger partial charge is 0.367 e. The highest BCUT2D eigenvalue weighted by molar-refractivity contribution is 5.49. The number of likely N-dealkylation sites (N-methyl/N-ethyl adjacent to an activating group) is 1. The van der Waals surface area contributed by atoms with Gasteiger partial charge in [0.2, 0.25) is 0 Å². The minimum absolute atomic E-state index is 0.621. The van der Waals surface area contributed by atoms with Crippen LogP contribution in [0.4, 0.5) is 5.69 Å². The Morgan fingerprint density at radius 2 is 1.65 bits per heavy atom. The molecule has 1 unspecified atom stereocenters. The molecule has 1 aliphatic rings. The highest BCUT2D eigenvalue weighted by atomic mass is 15.2. The van der Waals surface area contributed by atoms with Crippen molar-refractivity contribution in [3.63, 3.8) is 0 Å². The summed E-state index contributed by atoms with van der Waals surface area (Å²) in [5.41, 5.74) is 5.69. The summed E-state index contributed by atoms with van der Waals surface area (Å²) in [5.74, 6) is 0. The average molecular weight is 351 g/mol. The second-order valence-electron chi connectivity index (χ2n) is 7.73. The monoisotopic (exact) mass is 350 g/mol. The molecule has 1 saturated heterocycles. The first-order valence-electron chi connectivity index (χ1n) is 10.3. The lowest BCUT2D eigenvalue weighted by Crippen LogP contribution is -2.46.